The summed E-state index contributed by atoms with van der Waals surface area (Å²) in [6.07, 6.45) is 0.804. The lowest BCUT2D eigenvalue weighted by atomic mass is 10.1. The molecular weight excluding hydrogens is 246 g/mol. The fourth-order valence-electron chi connectivity index (χ4n) is 2.49. The number of carbonyl (C=O) groups is 1. The van der Waals surface area contributed by atoms with Crippen LogP contribution in [0.15, 0.2) is 23.0 Å². The van der Waals surface area contributed by atoms with Crippen LogP contribution in [0.1, 0.15) is 22.3 Å². The molecule has 0 radical (unpaired) electrons. The van der Waals surface area contributed by atoms with Crippen molar-refractivity contribution in [3.8, 4) is 5.88 Å². The number of benzene rings is 1. The number of carboxylic acids is 1. The number of ether oxygens (including phenoxy) is 1. The molecule has 0 spiro atoms. The Hall–Kier alpha value is -2.30. The van der Waals surface area contributed by atoms with E-state index in [9.17, 15) is 14.7 Å². The van der Waals surface area contributed by atoms with E-state index < -0.39 is 11.4 Å². The molecule has 0 unspecified atom stereocenters. The molecule has 0 atom stereocenters. The van der Waals surface area contributed by atoms with Crippen molar-refractivity contribution in [1.82, 2.24) is 4.57 Å². The van der Waals surface area contributed by atoms with Crippen molar-refractivity contribution >= 4 is 16.9 Å². The fourth-order valence-corrected chi connectivity index (χ4v) is 2.49. The lowest BCUT2D eigenvalue weighted by molar-refractivity contribution is 0.0686. The molecular formula is C14H13NO4. The zero-order chi connectivity index (χ0) is 13.6. The normalized spacial score (nSPS) is 13.9. The van der Waals surface area contributed by atoms with Crippen LogP contribution in [0.3, 0.4) is 0 Å². The fraction of sp³-hybridized carbons (Fsp3) is 0.286. The number of hydrogen-bond donors (Lipinski definition) is 1. The molecule has 19 heavy (non-hydrogen) atoms. The van der Waals surface area contributed by atoms with Gasteiger partial charge in [-0.2, -0.15) is 0 Å². The molecule has 0 fully saturated rings. The van der Waals surface area contributed by atoms with E-state index >= 15 is 0 Å². The summed E-state index contributed by atoms with van der Waals surface area (Å²) in [6.45, 7) is 3.04. The van der Waals surface area contributed by atoms with E-state index in [1.807, 2.05) is 19.1 Å². The molecule has 1 N–H and O–H groups in total. The van der Waals surface area contributed by atoms with Crippen molar-refractivity contribution in [2.75, 3.05) is 6.61 Å². The molecule has 5 heteroatoms. The summed E-state index contributed by atoms with van der Waals surface area (Å²) in [5.41, 5.74) is 1.02. The van der Waals surface area contributed by atoms with Crippen molar-refractivity contribution in [3.63, 3.8) is 0 Å². The molecule has 0 saturated heterocycles. The van der Waals surface area contributed by atoms with Crippen molar-refractivity contribution < 1.29 is 14.6 Å². The Labute approximate surface area is 109 Å². The maximum Gasteiger partial charge on any atom is 0.345 e. The summed E-state index contributed by atoms with van der Waals surface area (Å²) >= 11 is 0. The first-order valence-corrected chi connectivity index (χ1v) is 6.13. The molecule has 0 amide bonds. The summed E-state index contributed by atoms with van der Waals surface area (Å²) < 4.78 is 7.22. The minimum Gasteiger partial charge on any atom is -0.478 e. The zero-order valence-corrected chi connectivity index (χ0v) is 10.5. The second-order valence-corrected chi connectivity index (χ2v) is 4.69. The Morgan fingerprint density at radius 2 is 2.21 bits per heavy atom. The molecule has 0 aliphatic carbocycles. The number of nitrogens with zero attached hydrogens (tertiary/aromatic N) is 1. The van der Waals surface area contributed by atoms with Gasteiger partial charge in [-0.25, -0.2) is 4.79 Å². The molecule has 1 aromatic heterocycles. The van der Waals surface area contributed by atoms with Crippen LogP contribution in [0.5, 0.6) is 5.88 Å². The van der Waals surface area contributed by atoms with Crippen molar-refractivity contribution in [2.24, 2.45) is 0 Å². The average Bonchev–Trinajstić information content (AvgIpc) is 2.38. The Morgan fingerprint density at radius 1 is 1.42 bits per heavy atom. The molecule has 1 aliphatic heterocycles. The van der Waals surface area contributed by atoms with Gasteiger partial charge in [0.15, 0.2) is 5.56 Å². The Bertz CT molecular complexity index is 745. The largest absolute Gasteiger partial charge is 0.478 e. The van der Waals surface area contributed by atoms with Gasteiger partial charge in [-0.3, -0.25) is 4.79 Å². The van der Waals surface area contributed by atoms with Crippen LogP contribution in [0.2, 0.25) is 0 Å². The SMILES string of the molecule is Cc1ccc2c(=O)c(C(=O)O)c3n(c2c1)CCCO3. The van der Waals surface area contributed by atoms with E-state index in [-0.39, 0.29) is 11.4 Å². The van der Waals surface area contributed by atoms with E-state index in [0.29, 0.717) is 18.5 Å². The molecule has 2 heterocycles. The zero-order valence-electron chi connectivity index (χ0n) is 10.5. The number of carboxylic acid groups (broad SMARTS) is 1. The van der Waals surface area contributed by atoms with Gasteiger partial charge in [0.1, 0.15) is 0 Å². The van der Waals surface area contributed by atoms with Gasteiger partial charge in [0.25, 0.3) is 0 Å². The number of fused-ring (bicyclic) bond motifs is 3. The minimum absolute atomic E-state index is 0.182. The molecule has 5 nitrogen and oxygen atoms in total. The third-order valence-electron chi connectivity index (χ3n) is 3.35. The topological polar surface area (TPSA) is 68.5 Å². The van der Waals surface area contributed by atoms with E-state index in [4.69, 9.17) is 4.74 Å². The van der Waals surface area contributed by atoms with Gasteiger partial charge in [0.05, 0.1) is 12.1 Å². The molecule has 3 rings (SSSR count). The molecule has 2 aromatic rings. The van der Waals surface area contributed by atoms with Crippen LogP contribution in [0, 0.1) is 6.92 Å². The molecule has 1 aliphatic rings. The monoisotopic (exact) mass is 259 g/mol. The van der Waals surface area contributed by atoms with Crippen LogP contribution in [-0.2, 0) is 6.54 Å². The van der Waals surface area contributed by atoms with Gasteiger partial charge in [0, 0.05) is 11.9 Å². The number of aromatic nitrogens is 1. The van der Waals surface area contributed by atoms with Gasteiger partial charge >= 0.3 is 5.97 Å². The van der Waals surface area contributed by atoms with E-state index in [0.717, 1.165) is 17.5 Å². The highest BCUT2D eigenvalue weighted by atomic mass is 16.5. The molecule has 0 saturated carbocycles. The van der Waals surface area contributed by atoms with Gasteiger partial charge in [-0.05, 0) is 31.0 Å². The third-order valence-corrected chi connectivity index (χ3v) is 3.35. The summed E-state index contributed by atoms with van der Waals surface area (Å²) in [5.74, 6) is -1.06. The summed E-state index contributed by atoms with van der Waals surface area (Å²) in [6, 6.07) is 5.38. The quantitative estimate of drug-likeness (QED) is 0.847. The first-order valence-electron chi connectivity index (χ1n) is 6.13. The predicted molar refractivity (Wildman–Crippen MR) is 70.0 cm³/mol. The van der Waals surface area contributed by atoms with Gasteiger partial charge in [0.2, 0.25) is 11.3 Å². The highest BCUT2D eigenvalue weighted by Gasteiger charge is 2.25. The predicted octanol–water partition coefficient (Wildman–Crippen LogP) is 1.79. The maximum atomic E-state index is 12.3. The summed E-state index contributed by atoms with van der Waals surface area (Å²) in [5, 5.41) is 9.67. The first-order chi connectivity index (χ1) is 9.09. The lowest BCUT2D eigenvalue weighted by Crippen LogP contribution is -2.26. The second-order valence-electron chi connectivity index (χ2n) is 4.69. The van der Waals surface area contributed by atoms with Crippen molar-refractivity contribution in [2.45, 2.75) is 19.9 Å². The number of pyridine rings is 1. The summed E-state index contributed by atoms with van der Waals surface area (Å²) in [7, 11) is 0. The molecule has 98 valence electrons. The first kappa shape index (κ1) is 11.8. The smallest absolute Gasteiger partial charge is 0.345 e. The Kier molecular flexibility index (Phi) is 2.55. The second kappa shape index (κ2) is 4.12. The van der Waals surface area contributed by atoms with Crippen molar-refractivity contribution in [1.29, 1.82) is 0 Å². The third kappa shape index (κ3) is 1.69. The highest BCUT2D eigenvalue weighted by molar-refractivity contribution is 5.95. The van der Waals surface area contributed by atoms with Crippen LogP contribution in [0.25, 0.3) is 10.9 Å². The standard InChI is InChI=1S/C14H13NO4/c1-8-3-4-9-10(7-8)15-5-2-6-19-13(15)11(12(9)16)14(17)18/h3-4,7H,2,5-6H2,1H3,(H,17,18). The van der Waals surface area contributed by atoms with Crippen LogP contribution < -0.4 is 10.2 Å². The van der Waals surface area contributed by atoms with Crippen LogP contribution in [-0.4, -0.2) is 22.2 Å². The van der Waals surface area contributed by atoms with E-state index in [1.165, 1.54) is 0 Å². The van der Waals surface area contributed by atoms with Gasteiger partial charge in [-0.15, -0.1) is 0 Å². The number of aryl methyl sites for hydroxylation is 2. The van der Waals surface area contributed by atoms with Crippen molar-refractivity contribution in [3.05, 3.63) is 39.5 Å². The Balaban J connectivity index is 2.51. The van der Waals surface area contributed by atoms with E-state index in [2.05, 4.69) is 0 Å². The van der Waals surface area contributed by atoms with Gasteiger partial charge < -0.3 is 14.4 Å². The lowest BCUT2D eigenvalue weighted by Gasteiger charge is -2.23. The van der Waals surface area contributed by atoms with E-state index in [1.54, 1.807) is 10.6 Å². The number of rotatable bonds is 1. The summed E-state index contributed by atoms with van der Waals surface area (Å²) in [4.78, 5) is 23.6. The van der Waals surface area contributed by atoms with Crippen LogP contribution in [0.4, 0.5) is 0 Å². The van der Waals surface area contributed by atoms with Gasteiger partial charge in [-0.1, -0.05) is 6.07 Å². The number of hydrogen-bond acceptors (Lipinski definition) is 3. The minimum atomic E-state index is -1.24. The highest BCUT2D eigenvalue weighted by Crippen LogP contribution is 2.26. The average molecular weight is 259 g/mol. The van der Waals surface area contributed by atoms with Crippen LogP contribution >= 0.6 is 0 Å². The Morgan fingerprint density at radius 3 is 2.95 bits per heavy atom. The molecule has 1 aromatic carbocycles. The number of aromatic carboxylic acids is 1. The molecule has 0 bridgehead atoms. The maximum absolute atomic E-state index is 12.3.